The lowest BCUT2D eigenvalue weighted by Gasteiger charge is -2.14. The van der Waals surface area contributed by atoms with E-state index in [0.29, 0.717) is 0 Å². The summed E-state index contributed by atoms with van der Waals surface area (Å²) in [4.78, 5) is 0. The highest BCUT2D eigenvalue weighted by atomic mass is 19.4. The van der Waals surface area contributed by atoms with Crippen LogP contribution in [0.5, 0.6) is 0 Å². The summed E-state index contributed by atoms with van der Waals surface area (Å²) in [6.45, 7) is 1.68. The van der Waals surface area contributed by atoms with Gasteiger partial charge in [0, 0.05) is 12.6 Å². The highest BCUT2D eigenvalue weighted by Crippen LogP contribution is 2.15. The Kier molecular flexibility index (Phi) is 4.76. The fourth-order valence-electron chi connectivity index (χ4n) is 1.30. The molecule has 0 spiro atoms. The van der Waals surface area contributed by atoms with Crippen molar-refractivity contribution in [2.24, 2.45) is 0 Å². The number of rotatable bonds is 5. The number of nitrogens with one attached hydrogen (secondary N) is 1. The summed E-state index contributed by atoms with van der Waals surface area (Å²) in [6, 6.07) is 9.52. The van der Waals surface area contributed by atoms with Gasteiger partial charge in [-0.2, -0.15) is 0 Å². The lowest BCUT2D eigenvalue weighted by molar-refractivity contribution is -0.323. The second-order valence-corrected chi connectivity index (χ2v) is 3.38. The first-order valence-corrected chi connectivity index (χ1v) is 4.98. The Morgan fingerprint density at radius 3 is 2.44 bits per heavy atom. The average molecular weight is 233 g/mol. The zero-order chi connectivity index (χ0) is 12.0. The smallest absolute Gasteiger partial charge is 0.308 e. The Hall–Kier alpha value is -1.07. The van der Waals surface area contributed by atoms with Crippen molar-refractivity contribution < 1.29 is 17.9 Å². The monoisotopic (exact) mass is 233 g/mol. The van der Waals surface area contributed by atoms with Gasteiger partial charge in [0.1, 0.15) is 0 Å². The van der Waals surface area contributed by atoms with Gasteiger partial charge in [0.15, 0.2) is 0 Å². The molecular weight excluding hydrogens is 219 g/mol. The minimum absolute atomic E-state index is 0.0121. The van der Waals surface area contributed by atoms with Crippen LogP contribution >= 0.6 is 0 Å². The molecule has 0 saturated carbocycles. The predicted octanol–water partition coefficient (Wildman–Crippen LogP) is 2.87. The maximum atomic E-state index is 11.7. The molecule has 0 aliphatic carbocycles. The van der Waals surface area contributed by atoms with E-state index in [-0.39, 0.29) is 19.2 Å². The third-order valence-corrected chi connectivity index (χ3v) is 2.12. The molecule has 0 heterocycles. The highest BCUT2D eigenvalue weighted by molar-refractivity contribution is 5.17. The minimum atomic E-state index is -4.54. The van der Waals surface area contributed by atoms with Crippen LogP contribution in [0.1, 0.15) is 18.5 Å². The average Bonchev–Trinajstić information content (AvgIpc) is 2.24. The van der Waals surface area contributed by atoms with Crippen LogP contribution in [0.4, 0.5) is 13.2 Å². The Morgan fingerprint density at radius 2 is 1.88 bits per heavy atom. The first-order chi connectivity index (χ1) is 7.49. The summed E-state index contributed by atoms with van der Waals surface area (Å²) in [5.74, 6) is 0. The maximum Gasteiger partial charge on any atom is 0.522 e. The van der Waals surface area contributed by atoms with E-state index in [1.807, 2.05) is 37.3 Å². The molecule has 2 nitrogen and oxygen atoms in total. The molecule has 0 saturated heterocycles. The molecule has 0 aliphatic rings. The van der Waals surface area contributed by atoms with E-state index in [2.05, 4.69) is 10.1 Å². The van der Waals surface area contributed by atoms with E-state index in [1.54, 1.807) is 0 Å². The van der Waals surface area contributed by atoms with Crippen LogP contribution < -0.4 is 5.32 Å². The van der Waals surface area contributed by atoms with E-state index < -0.39 is 6.36 Å². The second kappa shape index (κ2) is 5.86. The van der Waals surface area contributed by atoms with Crippen LogP contribution in [0.2, 0.25) is 0 Å². The van der Waals surface area contributed by atoms with Crippen LogP contribution in [0.15, 0.2) is 30.3 Å². The molecule has 1 atom stereocenters. The minimum Gasteiger partial charge on any atom is -0.308 e. The third-order valence-electron chi connectivity index (χ3n) is 2.12. The number of alkyl halides is 3. The number of halogens is 3. The van der Waals surface area contributed by atoms with Crippen LogP contribution in [0.25, 0.3) is 0 Å². The Bertz CT molecular complexity index is 300. The van der Waals surface area contributed by atoms with Gasteiger partial charge in [0.25, 0.3) is 0 Å². The van der Waals surface area contributed by atoms with Crippen molar-refractivity contribution in [2.75, 3.05) is 13.2 Å². The lowest BCUT2D eigenvalue weighted by Crippen LogP contribution is -2.26. The maximum absolute atomic E-state index is 11.7. The zero-order valence-corrected chi connectivity index (χ0v) is 8.92. The van der Waals surface area contributed by atoms with E-state index in [4.69, 9.17) is 0 Å². The molecule has 16 heavy (non-hydrogen) atoms. The van der Waals surface area contributed by atoms with E-state index in [0.717, 1.165) is 5.56 Å². The molecule has 0 bridgehead atoms. The molecule has 90 valence electrons. The number of hydrogen-bond acceptors (Lipinski definition) is 2. The van der Waals surface area contributed by atoms with Crippen molar-refractivity contribution in [1.82, 2.24) is 5.32 Å². The number of benzene rings is 1. The number of ether oxygens (including phenoxy) is 1. The van der Waals surface area contributed by atoms with Crippen molar-refractivity contribution in [2.45, 2.75) is 19.3 Å². The molecule has 0 radical (unpaired) electrons. The molecule has 1 aromatic carbocycles. The van der Waals surface area contributed by atoms with Crippen molar-refractivity contribution in [3.05, 3.63) is 35.9 Å². The Balaban J connectivity index is 2.24. The Labute approximate surface area is 92.4 Å². The predicted molar refractivity (Wildman–Crippen MR) is 54.9 cm³/mol. The van der Waals surface area contributed by atoms with Gasteiger partial charge in [0.2, 0.25) is 0 Å². The van der Waals surface area contributed by atoms with E-state index in [1.165, 1.54) is 0 Å². The molecule has 0 amide bonds. The summed E-state index contributed by atoms with van der Waals surface area (Å²) in [5, 5.41) is 2.95. The lowest BCUT2D eigenvalue weighted by atomic mass is 10.1. The van der Waals surface area contributed by atoms with Gasteiger partial charge in [-0.1, -0.05) is 30.3 Å². The van der Waals surface area contributed by atoms with Gasteiger partial charge in [-0.05, 0) is 12.5 Å². The van der Waals surface area contributed by atoms with Crippen molar-refractivity contribution >= 4 is 0 Å². The van der Waals surface area contributed by atoms with Crippen LogP contribution in [0, 0.1) is 0 Å². The fraction of sp³-hybridized carbons (Fsp3) is 0.455. The van der Waals surface area contributed by atoms with Gasteiger partial charge in [-0.25, -0.2) is 0 Å². The largest absolute Gasteiger partial charge is 0.522 e. The van der Waals surface area contributed by atoms with E-state index in [9.17, 15) is 13.2 Å². The van der Waals surface area contributed by atoms with Crippen LogP contribution in [-0.4, -0.2) is 19.5 Å². The van der Waals surface area contributed by atoms with Crippen molar-refractivity contribution in [3.8, 4) is 0 Å². The molecule has 5 heteroatoms. The third kappa shape index (κ3) is 5.14. The number of hydrogen-bond donors (Lipinski definition) is 1. The molecule has 0 aromatic heterocycles. The first-order valence-electron chi connectivity index (χ1n) is 4.98. The summed E-state index contributed by atoms with van der Waals surface area (Å²) in [5.41, 5.74) is 1.04. The topological polar surface area (TPSA) is 21.3 Å². The summed E-state index contributed by atoms with van der Waals surface area (Å²) in [6.07, 6.45) is -4.54. The van der Waals surface area contributed by atoms with E-state index >= 15 is 0 Å². The molecular formula is C11H14F3NO. The molecule has 1 aromatic rings. The normalized spacial score (nSPS) is 13.8. The van der Waals surface area contributed by atoms with Crippen LogP contribution in [-0.2, 0) is 4.74 Å². The molecule has 0 fully saturated rings. The van der Waals surface area contributed by atoms with Crippen molar-refractivity contribution in [1.29, 1.82) is 0 Å². The van der Waals surface area contributed by atoms with Crippen LogP contribution in [0.3, 0.4) is 0 Å². The summed E-state index contributed by atoms with van der Waals surface area (Å²) >= 11 is 0. The van der Waals surface area contributed by atoms with Gasteiger partial charge < -0.3 is 5.32 Å². The molecule has 0 aliphatic heterocycles. The fourth-order valence-corrected chi connectivity index (χ4v) is 1.30. The molecule has 1 N–H and O–H groups in total. The SMILES string of the molecule is C[C@H](NCCOC(F)(F)F)c1ccccc1. The van der Waals surface area contributed by atoms with Crippen molar-refractivity contribution in [3.63, 3.8) is 0 Å². The van der Waals surface area contributed by atoms with Gasteiger partial charge in [0.05, 0.1) is 6.61 Å². The van der Waals surface area contributed by atoms with Gasteiger partial charge >= 0.3 is 6.36 Å². The summed E-state index contributed by atoms with van der Waals surface area (Å²) in [7, 11) is 0. The second-order valence-electron chi connectivity index (χ2n) is 3.38. The molecule has 1 rings (SSSR count). The zero-order valence-electron chi connectivity index (χ0n) is 8.92. The van der Waals surface area contributed by atoms with Gasteiger partial charge in [-0.3, -0.25) is 4.74 Å². The summed E-state index contributed by atoms with van der Waals surface area (Å²) < 4.78 is 38.6. The first kappa shape index (κ1) is 13.0. The molecule has 0 unspecified atom stereocenters. The highest BCUT2D eigenvalue weighted by Gasteiger charge is 2.28. The Morgan fingerprint density at radius 1 is 1.25 bits per heavy atom. The van der Waals surface area contributed by atoms with Gasteiger partial charge in [-0.15, -0.1) is 13.2 Å². The standard InChI is InChI=1S/C11H14F3NO/c1-9(10-5-3-2-4-6-10)15-7-8-16-11(12,13)14/h2-6,9,15H,7-8H2,1H3/t9-/m0/s1. The quantitative estimate of drug-likeness (QED) is 0.789.